The smallest absolute Gasteiger partial charge is 0.238 e. The maximum Gasteiger partial charge on any atom is 0.238 e. The number of nitrogens with two attached hydrogens (primary N) is 1. The van der Waals surface area contributed by atoms with Crippen molar-refractivity contribution in [3.8, 4) is 0 Å². The number of carbonyl (C=O) groups excluding carboxylic acids is 1. The predicted octanol–water partition coefficient (Wildman–Crippen LogP) is 0.832. The van der Waals surface area contributed by atoms with Crippen molar-refractivity contribution in [2.24, 2.45) is 5.73 Å². The van der Waals surface area contributed by atoms with Crippen LogP contribution < -0.4 is 11.1 Å². The largest absolute Gasteiger partial charge is 0.350 e. The number of carbonyl (C=O) groups is 1. The Morgan fingerprint density at radius 3 is 2.22 bits per heavy atom. The molecule has 6 heteroatoms. The molecule has 0 aliphatic carbocycles. The topological polar surface area (TPSA) is 89.3 Å². The molecule has 0 aromatic rings. The molecule has 0 saturated carbocycles. The van der Waals surface area contributed by atoms with Crippen LogP contribution in [0.1, 0.15) is 47.5 Å². The zero-order valence-electron chi connectivity index (χ0n) is 12.0. The van der Waals surface area contributed by atoms with Crippen LogP contribution in [0.25, 0.3) is 0 Å². The third-order valence-corrected chi connectivity index (χ3v) is 5.21. The molecule has 0 saturated heterocycles. The third-order valence-electron chi connectivity index (χ3n) is 3.11. The van der Waals surface area contributed by atoms with Crippen molar-refractivity contribution in [1.29, 1.82) is 0 Å². The highest BCUT2D eigenvalue weighted by atomic mass is 32.2. The van der Waals surface area contributed by atoms with E-state index in [0.29, 0.717) is 6.42 Å². The first-order valence-corrected chi connectivity index (χ1v) is 8.02. The van der Waals surface area contributed by atoms with Crippen molar-refractivity contribution in [2.75, 3.05) is 5.75 Å². The Morgan fingerprint density at radius 1 is 1.33 bits per heavy atom. The highest BCUT2D eigenvalue weighted by Gasteiger charge is 2.30. The Labute approximate surface area is 110 Å². The minimum Gasteiger partial charge on any atom is -0.350 e. The van der Waals surface area contributed by atoms with Crippen LogP contribution in [0, 0.1) is 0 Å². The molecule has 1 amide bonds. The van der Waals surface area contributed by atoms with E-state index in [0.717, 1.165) is 6.42 Å². The molecule has 0 bridgehead atoms. The summed E-state index contributed by atoms with van der Waals surface area (Å²) in [4.78, 5) is 11.9. The van der Waals surface area contributed by atoms with Gasteiger partial charge in [0.15, 0.2) is 9.84 Å². The van der Waals surface area contributed by atoms with E-state index in [-0.39, 0.29) is 17.3 Å². The van der Waals surface area contributed by atoms with Gasteiger partial charge in [-0.1, -0.05) is 6.92 Å². The second-order valence-electron chi connectivity index (χ2n) is 5.50. The number of hydrogen-bond acceptors (Lipinski definition) is 4. The van der Waals surface area contributed by atoms with Crippen LogP contribution in [0.3, 0.4) is 0 Å². The molecule has 2 unspecified atom stereocenters. The van der Waals surface area contributed by atoms with Crippen LogP contribution >= 0.6 is 0 Å². The van der Waals surface area contributed by atoms with Gasteiger partial charge >= 0.3 is 0 Å². The summed E-state index contributed by atoms with van der Waals surface area (Å²) in [5.41, 5.74) is 5.15. The highest BCUT2D eigenvalue weighted by Crippen LogP contribution is 2.11. The molecule has 0 aliphatic heterocycles. The molecule has 0 radical (unpaired) electrons. The van der Waals surface area contributed by atoms with E-state index < -0.39 is 21.0 Å². The van der Waals surface area contributed by atoms with Gasteiger partial charge in [0.1, 0.15) is 5.25 Å². The van der Waals surface area contributed by atoms with Crippen LogP contribution in [-0.2, 0) is 14.6 Å². The second kappa shape index (κ2) is 6.52. The molecular weight excluding hydrogens is 252 g/mol. The molecule has 0 aromatic heterocycles. The number of amides is 1. The van der Waals surface area contributed by atoms with E-state index in [1.54, 1.807) is 6.92 Å². The summed E-state index contributed by atoms with van der Waals surface area (Å²) in [6, 6.07) is -0.179. The van der Waals surface area contributed by atoms with Crippen molar-refractivity contribution in [3.63, 3.8) is 0 Å². The van der Waals surface area contributed by atoms with Gasteiger partial charge < -0.3 is 11.1 Å². The first kappa shape index (κ1) is 17.4. The summed E-state index contributed by atoms with van der Waals surface area (Å²) in [6.45, 7) is 8.85. The minimum atomic E-state index is -3.43. The molecule has 18 heavy (non-hydrogen) atoms. The standard InChI is InChI=1S/C12H26N2O3S/c1-6-12(4,5)14-11(15)10(3)18(16,17)8-7-9(2)13/h9-10H,6-8,13H2,1-5H3,(H,14,15). The lowest BCUT2D eigenvalue weighted by Crippen LogP contribution is -2.49. The van der Waals surface area contributed by atoms with Crippen LogP contribution in [0.15, 0.2) is 0 Å². The Hall–Kier alpha value is -0.620. The number of hydrogen-bond donors (Lipinski definition) is 2. The zero-order chi connectivity index (χ0) is 14.6. The number of rotatable bonds is 7. The number of sulfone groups is 1. The molecule has 0 heterocycles. The summed E-state index contributed by atoms with van der Waals surface area (Å²) in [5.74, 6) is -0.488. The molecule has 3 N–H and O–H groups in total. The van der Waals surface area contributed by atoms with Gasteiger partial charge in [-0.2, -0.15) is 0 Å². The van der Waals surface area contributed by atoms with Crippen LogP contribution in [0.2, 0.25) is 0 Å². The lowest BCUT2D eigenvalue weighted by molar-refractivity contribution is -0.122. The molecule has 0 aromatic carbocycles. The van der Waals surface area contributed by atoms with Gasteiger partial charge in [0, 0.05) is 11.6 Å². The Balaban J connectivity index is 4.63. The van der Waals surface area contributed by atoms with Gasteiger partial charge in [0.05, 0.1) is 5.75 Å². The van der Waals surface area contributed by atoms with Gasteiger partial charge in [-0.3, -0.25) is 4.79 Å². The predicted molar refractivity (Wildman–Crippen MR) is 74.0 cm³/mol. The fraction of sp³-hybridized carbons (Fsp3) is 0.917. The average molecular weight is 278 g/mol. The van der Waals surface area contributed by atoms with Gasteiger partial charge in [0.2, 0.25) is 5.91 Å². The molecule has 0 fully saturated rings. The molecule has 0 rings (SSSR count). The van der Waals surface area contributed by atoms with E-state index in [4.69, 9.17) is 5.73 Å². The monoisotopic (exact) mass is 278 g/mol. The van der Waals surface area contributed by atoms with Gasteiger partial charge in [0.25, 0.3) is 0 Å². The summed E-state index contributed by atoms with van der Waals surface area (Å²) in [6.07, 6.45) is 1.11. The summed E-state index contributed by atoms with van der Waals surface area (Å²) in [7, 11) is -3.43. The molecule has 0 aliphatic rings. The first-order chi connectivity index (χ1) is 8.02. The van der Waals surface area contributed by atoms with Crippen molar-refractivity contribution in [2.45, 2.75) is 64.3 Å². The Kier molecular flexibility index (Phi) is 6.29. The van der Waals surface area contributed by atoms with E-state index in [1.807, 2.05) is 20.8 Å². The van der Waals surface area contributed by atoms with Gasteiger partial charge in [-0.15, -0.1) is 0 Å². The quantitative estimate of drug-likeness (QED) is 0.722. The molecular formula is C12H26N2O3S. The van der Waals surface area contributed by atoms with Crippen molar-refractivity contribution in [3.05, 3.63) is 0 Å². The van der Waals surface area contributed by atoms with E-state index in [9.17, 15) is 13.2 Å². The maximum atomic E-state index is 11.9. The maximum absolute atomic E-state index is 11.9. The van der Waals surface area contributed by atoms with Gasteiger partial charge in [-0.05, 0) is 40.5 Å². The summed E-state index contributed by atoms with van der Waals surface area (Å²) in [5, 5.41) is 1.72. The zero-order valence-corrected chi connectivity index (χ0v) is 12.8. The fourth-order valence-corrected chi connectivity index (χ4v) is 2.65. The fourth-order valence-electron chi connectivity index (χ4n) is 1.21. The third kappa shape index (κ3) is 5.82. The Morgan fingerprint density at radius 2 is 1.83 bits per heavy atom. The summed E-state index contributed by atoms with van der Waals surface area (Å²) >= 11 is 0. The van der Waals surface area contributed by atoms with E-state index in [2.05, 4.69) is 5.32 Å². The van der Waals surface area contributed by atoms with Crippen molar-refractivity contribution in [1.82, 2.24) is 5.32 Å². The highest BCUT2D eigenvalue weighted by molar-refractivity contribution is 7.92. The van der Waals surface area contributed by atoms with Gasteiger partial charge in [-0.25, -0.2) is 8.42 Å². The van der Waals surface area contributed by atoms with Crippen LogP contribution in [-0.4, -0.2) is 36.9 Å². The van der Waals surface area contributed by atoms with E-state index in [1.165, 1.54) is 6.92 Å². The molecule has 5 nitrogen and oxygen atoms in total. The molecule has 108 valence electrons. The normalized spacial score (nSPS) is 16.1. The second-order valence-corrected chi connectivity index (χ2v) is 7.94. The lowest BCUT2D eigenvalue weighted by Gasteiger charge is -2.26. The molecule has 2 atom stereocenters. The van der Waals surface area contributed by atoms with Crippen LogP contribution in [0.5, 0.6) is 0 Å². The Bertz CT molecular complexity index is 375. The van der Waals surface area contributed by atoms with Crippen molar-refractivity contribution >= 4 is 15.7 Å². The minimum absolute atomic E-state index is 0.0498. The van der Waals surface area contributed by atoms with Crippen LogP contribution in [0.4, 0.5) is 0 Å². The van der Waals surface area contributed by atoms with Crippen molar-refractivity contribution < 1.29 is 13.2 Å². The average Bonchev–Trinajstić information content (AvgIpc) is 2.25. The number of nitrogens with one attached hydrogen (secondary N) is 1. The molecule has 0 spiro atoms. The first-order valence-electron chi connectivity index (χ1n) is 6.31. The van der Waals surface area contributed by atoms with E-state index >= 15 is 0 Å². The summed E-state index contributed by atoms with van der Waals surface area (Å²) < 4.78 is 23.9. The lowest BCUT2D eigenvalue weighted by atomic mass is 10.0. The SMILES string of the molecule is CCC(C)(C)NC(=O)C(C)S(=O)(=O)CCC(C)N.